The molecule has 0 fully saturated rings. The Labute approximate surface area is 466 Å². The molecule has 0 N–H and O–H groups in total. The summed E-state index contributed by atoms with van der Waals surface area (Å²) in [4.78, 5) is 4.08. The second-order valence-corrected chi connectivity index (χ2v) is 22.8. The third-order valence-corrected chi connectivity index (χ3v) is 16.1. The van der Waals surface area contributed by atoms with E-state index in [4.69, 9.17) is 2.74 Å². The van der Waals surface area contributed by atoms with Crippen molar-refractivity contribution in [2.45, 2.75) is 52.4 Å². The minimum atomic E-state index is -0.312. The van der Waals surface area contributed by atoms with Crippen LogP contribution in [-0.2, 0) is 10.8 Å². The Kier molecular flexibility index (Phi) is 8.36. The van der Waals surface area contributed by atoms with Gasteiger partial charge in [0.1, 0.15) is 0 Å². The molecule has 4 aromatic heterocycles. The molecule has 0 saturated carbocycles. The van der Waals surface area contributed by atoms with Gasteiger partial charge in [-0.15, -0.1) is 0 Å². The largest absolute Gasteiger partial charge is 0.309 e. The van der Waals surface area contributed by atoms with Crippen molar-refractivity contribution in [2.24, 2.45) is 0 Å². The number of fused-ring (bicyclic) bond motifs is 12. The summed E-state index contributed by atoms with van der Waals surface area (Å²) in [6.07, 6.45) is 0. The Morgan fingerprint density at radius 1 is 0.333 bits per heavy atom. The van der Waals surface area contributed by atoms with Crippen LogP contribution in [0.5, 0.6) is 0 Å². The quantitative estimate of drug-likeness (QED) is 0.151. The molecule has 11 aromatic carbocycles. The maximum Gasteiger partial charge on any atom is 0.0645 e. The van der Waals surface area contributed by atoms with Gasteiger partial charge in [-0.25, -0.2) is 0 Å². The van der Waals surface area contributed by atoms with Crippen molar-refractivity contribution < 1.29 is 11.0 Å². The molecule has 78 heavy (non-hydrogen) atoms. The van der Waals surface area contributed by atoms with E-state index in [0.717, 1.165) is 110 Å². The van der Waals surface area contributed by atoms with Crippen LogP contribution < -0.4 is 9.80 Å². The maximum absolute atomic E-state index is 9.80. The van der Waals surface area contributed by atoms with Gasteiger partial charge in [0.05, 0.1) is 66.8 Å². The monoisotopic (exact) mass is 1010 g/mol. The van der Waals surface area contributed by atoms with E-state index < -0.39 is 0 Å². The molecule has 4 nitrogen and oxygen atoms in total. The number of hydrogen-bond donors (Lipinski definition) is 0. The molecule has 0 saturated heterocycles. The highest BCUT2D eigenvalue weighted by Gasteiger charge is 2.30. The molecule has 374 valence electrons. The summed E-state index contributed by atoms with van der Waals surface area (Å²) in [7, 11) is 0. The number of benzene rings is 11. The van der Waals surface area contributed by atoms with Crippen molar-refractivity contribution in [3.05, 3.63) is 254 Å². The van der Waals surface area contributed by atoms with Crippen LogP contribution in [0.1, 0.15) is 63.6 Å². The Hall–Kier alpha value is -9.38. The maximum atomic E-state index is 9.80. The second-order valence-electron chi connectivity index (χ2n) is 22.8. The summed E-state index contributed by atoms with van der Waals surface area (Å²) < 4.78 is 79.8. The fourth-order valence-corrected chi connectivity index (χ4v) is 12.4. The zero-order valence-electron chi connectivity index (χ0n) is 52.3. The predicted octanol–water partition coefficient (Wildman–Crippen LogP) is 20.9. The van der Waals surface area contributed by atoms with Crippen molar-refractivity contribution in [3.63, 3.8) is 0 Å². The molecule has 0 spiro atoms. The average molecular weight is 1010 g/mol. The molecule has 4 heterocycles. The summed E-state index contributed by atoms with van der Waals surface area (Å²) in [5, 5.41) is 8.10. The predicted molar refractivity (Wildman–Crippen MR) is 333 cm³/mol. The van der Waals surface area contributed by atoms with Crippen molar-refractivity contribution in [1.29, 1.82) is 0 Å². The van der Waals surface area contributed by atoms with E-state index in [2.05, 4.69) is 123 Å². The Balaban J connectivity index is 1.07. The molecule has 0 unspecified atom stereocenters. The topological polar surface area (TPSA) is 15.3 Å². The summed E-state index contributed by atoms with van der Waals surface area (Å²) in [5.41, 5.74) is 13.9. The lowest BCUT2D eigenvalue weighted by atomic mass is 9.86. The van der Waals surface area contributed by atoms with Gasteiger partial charge in [0, 0.05) is 65.6 Å². The van der Waals surface area contributed by atoms with Crippen LogP contribution in [-0.4, -0.2) is 8.80 Å². The van der Waals surface area contributed by atoms with Gasteiger partial charge in [0.2, 0.25) is 0 Å². The van der Waals surface area contributed by atoms with Crippen molar-refractivity contribution in [3.8, 4) is 22.3 Å². The number of para-hydroxylation sites is 4. The zero-order valence-corrected chi connectivity index (χ0v) is 44.3. The normalized spacial score (nSPS) is 13.9. The summed E-state index contributed by atoms with van der Waals surface area (Å²) in [6, 6.07) is 64.0. The van der Waals surface area contributed by atoms with E-state index in [-0.39, 0.29) is 59.2 Å². The molecule has 0 aliphatic heterocycles. The third kappa shape index (κ3) is 6.85. The Morgan fingerprint density at radius 3 is 1.09 bits per heavy atom. The fourth-order valence-electron chi connectivity index (χ4n) is 12.4. The molecule has 0 aliphatic rings. The highest BCUT2D eigenvalue weighted by molar-refractivity contribution is 6.32. The zero-order chi connectivity index (χ0) is 59.6. The average Bonchev–Trinajstić information content (AvgIpc) is 1.54. The number of aromatic nitrogens is 2. The van der Waals surface area contributed by atoms with E-state index in [0.29, 0.717) is 33.6 Å². The SMILES string of the molecule is [2H]c1c([2H])c([2H])c(N(c2ccccc2)c2ccc3c4cc5c(cc4n4c6ccc(C(C)(C)C)cc6c2c34)c2ccc(N(c3ccccc3)c3c([2H])c([2H])c([2H])c([2H])c3-c3ccccc3)c3c4cc(C(C)(C)C)ccc4n5c23)c(-c2ccccc2)c1[2H]. The number of rotatable bonds is 8. The lowest BCUT2D eigenvalue weighted by Crippen LogP contribution is -2.12. The molecule has 0 amide bonds. The molecule has 0 bridgehead atoms. The standard InChI is InChI=1S/C74H58N4/c1-73(2,3)49-35-39-63-59(43-49)69-65(75(51-27-15-9-16-28-51)61-33-21-19-31-53(61)47-23-11-7-12-24-47)41-37-55-57-46-68-58(45-67(57)77(63)71(55)69)56-38-42-66(70-60-44-50(74(4,5)6)36-40-64(60)78(68)72(56)70)76(52-29-17-10-18-30-52)62-34-22-20-32-54(62)48-25-13-8-14-26-48/h7-46H,1-6H3/i19D,20D,21D,22D,31D,32D,33D,34D. The molecule has 4 heteroatoms. The van der Waals surface area contributed by atoms with Crippen LogP contribution >= 0.6 is 0 Å². The van der Waals surface area contributed by atoms with E-state index in [1.165, 1.54) is 0 Å². The molecule has 0 radical (unpaired) electrons. The lowest BCUT2D eigenvalue weighted by Gasteiger charge is -2.29. The smallest absolute Gasteiger partial charge is 0.0645 e. The van der Waals surface area contributed by atoms with Crippen LogP contribution in [0, 0.1) is 0 Å². The van der Waals surface area contributed by atoms with Gasteiger partial charge in [0.15, 0.2) is 0 Å². The number of anilines is 6. The van der Waals surface area contributed by atoms with E-state index in [1.54, 1.807) is 0 Å². The first-order chi connectivity index (χ1) is 41.3. The number of hydrogen-bond acceptors (Lipinski definition) is 2. The van der Waals surface area contributed by atoms with Gasteiger partial charge in [-0.3, -0.25) is 0 Å². The fraction of sp³-hybridized carbons (Fsp3) is 0.108. The molecular weight excluding hydrogens is 945 g/mol. The first-order valence-electron chi connectivity index (χ1n) is 30.8. The minimum Gasteiger partial charge on any atom is -0.309 e. The van der Waals surface area contributed by atoms with Crippen LogP contribution in [0.25, 0.3) is 98.4 Å². The summed E-state index contributed by atoms with van der Waals surface area (Å²) >= 11 is 0. The molecule has 15 rings (SSSR count). The van der Waals surface area contributed by atoms with Crippen LogP contribution in [0.3, 0.4) is 0 Å². The van der Waals surface area contributed by atoms with Crippen molar-refractivity contribution in [2.75, 3.05) is 9.80 Å². The first kappa shape index (κ1) is 38.2. The van der Waals surface area contributed by atoms with Crippen molar-refractivity contribution >= 4 is 110 Å². The third-order valence-electron chi connectivity index (χ3n) is 16.1. The van der Waals surface area contributed by atoms with Crippen LogP contribution in [0.4, 0.5) is 34.1 Å². The molecule has 0 aliphatic carbocycles. The van der Waals surface area contributed by atoms with Crippen LogP contribution in [0.2, 0.25) is 0 Å². The summed E-state index contributed by atoms with van der Waals surface area (Å²) in [5.74, 6) is 0. The second kappa shape index (κ2) is 17.1. The molecule has 0 atom stereocenters. The van der Waals surface area contributed by atoms with E-state index in [9.17, 15) is 8.22 Å². The van der Waals surface area contributed by atoms with E-state index >= 15 is 0 Å². The number of nitrogens with zero attached hydrogens (tertiary/aromatic N) is 4. The summed E-state index contributed by atoms with van der Waals surface area (Å²) in [6.45, 7) is 13.3. The minimum absolute atomic E-state index is 0.115. The van der Waals surface area contributed by atoms with Crippen molar-refractivity contribution in [1.82, 2.24) is 8.80 Å². The van der Waals surface area contributed by atoms with Gasteiger partial charge in [0.25, 0.3) is 0 Å². The Bertz CT molecular complexity index is 4950. The van der Waals surface area contributed by atoms with Crippen LogP contribution in [0.15, 0.2) is 242 Å². The van der Waals surface area contributed by atoms with Gasteiger partial charge in [-0.2, -0.15) is 0 Å². The van der Waals surface area contributed by atoms with Gasteiger partial charge >= 0.3 is 0 Å². The highest BCUT2D eigenvalue weighted by atomic mass is 15.2. The molecular formula is C74H58N4. The highest BCUT2D eigenvalue weighted by Crippen LogP contribution is 2.53. The molecule has 15 aromatic rings. The van der Waals surface area contributed by atoms with E-state index in [1.807, 2.05) is 131 Å². The Morgan fingerprint density at radius 2 is 0.705 bits per heavy atom. The first-order valence-corrected chi connectivity index (χ1v) is 26.8. The lowest BCUT2D eigenvalue weighted by molar-refractivity contribution is 0.591. The van der Waals surface area contributed by atoms with Gasteiger partial charge < -0.3 is 18.6 Å². The van der Waals surface area contributed by atoms with Gasteiger partial charge in [-0.1, -0.05) is 199 Å². The van der Waals surface area contributed by atoms with Gasteiger partial charge in [-0.05, 0) is 118 Å².